The van der Waals surface area contributed by atoms with Gasteiger partial charge in [0, 0.05) is 6.42 Å². The van der Waals surface area contributed by atoms with Gasteiger partial charge in [0.15, 0.2) is 0 Å². The summed E-state index contributed by atoms with van der Waals surface area (Å²) in [6.45, 7) is 4.11. The molecule has 0 saturated carbocycles. The van der Waals surface area contributed by atoms with Gasteiger partial charge < -0.3 is 15.5 Å². The lowest BCUT2D eigenvalue weighted by Crippen LogP contribution is -2.45. The summed E-state index contributed by atoms with van der Waals surface area (Å²) in [5, 5.41) is 22.8. The number of carbonyl (C=O) groups excluding carboxylic acids is 1. The molecule has 0 radical (unpaired) electrons. The minimum atomic E-state index is -0.881. The van der Waals surface area contributed by atoms with Crippen molar-refractivity contribution < 1.29 is 15.0 Å². The van der Waals surface area contributed by atoms with Gasteiger partial charge in [-0.1, -0.05) is 192 Å². The second-order valence-electron chi connectivity index (χ2n) is 14.4. The second kappa shape index (κ2) is 46.7. The lowest BCUT2D eigenvalue weighted by Gasteiger charge is -2.19. The number of nitrogens with one attached hydrogen (secondary N) is 1. The van der Waals surface area contributed by atoms with Crippen molar-refractivity contribution in [3.63, 3.8) is 0 Å². The van der Waals surface area contributed by atoms with Crippen LogP contribution in [0.1, 0.15) is 162 Å². The van der Waals surface area contributed by atoms with Crippen molar-refractivity contribution in [1.82, 2.24) is 5.32 Å². The molecule has 0 rings (SSSR count). The topological polar surface area (TPSA) is 69.6 Å². The van der Waals surface area contributed by atoms with Crippen LogP contribution in [0, 0.1) is 0 Å². The van der Waals surface area contributed by atoms with Gasteiger partial charge in [-0.3, -0.25) is 4.79 Å². The van der Waals surface area contributed by atoms with Crippen LogP contribution < -0.4 is 5.32 Å². The molecule has 2 atom stereocenters. The smallest absolute Gasteiger partial charge is 0.220 e. The molecular formula is C53H83NO3. The molecule has 0 aliphatic carbocycles. The third kappa shape index (κ3) is 43.2. The van der Waals surface area contributed by atoms with Crippen molar-refractivity contribution in [2.24, 2.45) is 0 Å². The molecule has 0 spiro atoms. The van der Waals surface area contributed by atoms with Crippen molar-refractivity contribution in [3.05, 3.63) is 146 Å². The minimum absolute atomic E-state index is 0.109. The van der Waals surface area contributed by atoms with Crippen molar-refractivity contribution in [2.45, 2.75) is 174 Å². The van der Waals surface area contributed by atoms with Crippen LogP contribution in [0.2, 0.25) is 0 Å². The van der Waals surface area contributed by atoms with E-state index in [1.165, 1.54) is 25.7 Å². The molecule has 57 heavy (non-hydrogen) atoms. The highest BCUT2D eigenvalue weighted by atomic mass is 16.3. The lowest BCUT2D eigenvalue weighted by molar-refractivity contribution is -0.123. The highest BCUT2D eigenvalue weighted by molar-refractivity contribution is 5.76. The van der Waals surface area contributed by atoms with E-state index in [9.17, 15) is 15.0 Å². The SMILES string of the molecule is CC/C=C\C/C=C\C/C=C\C/C=C\C/C=C\C/C=C\C/C=C\C/C=C\C/C=C\C/C=C\CCCCCCC(=O)NC(CO)C(O)/C=C/CC/C=C/CCCCCC. The van der Waals surface area contributed by atoms with Gasteiger partial charge in [-0.25, -0.2) is 0 Å². The van der Waals surface area contributed by atoms with Crippen molar-refractivity contribution >= 4 is 5.91 Å². The van der Waals surface area contributed by atoms with Gasteiger partial charge in [0.2, 0.25) is 5.91 Å². The molecule has 3 N–H and O–H groups in total. The Bertz CT molecular complexity index is 1250. The average molecular weight is 782 g/mol. The minimum Gasteiger partial charge on any atom is -0.394 e. The normalized spacial score (nSPS) is 14.4. The van der Waals surface area contributed by atoms with E-state index in [4.69, 9.17) is 0 Å². The van der Waals surface area contributed by atoms with E-state index in [0.717, 1.165) is 116 Å². The van der Waals surface area contributed by atoms with E-state index in [1.54, 1.807) is 6.08 Å². The predicted molar refractivity (Wildman–Crippen MR) is 252 cm³/mol. The summed E-state index contributed by atoms with van der Waals surface area (Å²) in [5.41, 5.74) is 0. The van der Waals surface area contributed by atoms with Crippen molar-refractivity contribution in [1.29, 1.82) is 0 Å². The molecule has 2 unspecified atom stereocenters. The van der Waals surface area contributed by atoms with Crippen molar-refractivity contribution in [3.8, 4) is 0 Å². The summed E-state index contributed by atoms with van der Waals surface area (Å²) in [6, 6.07) is -0.662. The fourth-order valence-electron chi connectivity index (χ4n) is 5.63. The highest BCUT2D eigenvalue weighted by Gasteiger charge is 2.17. The number of allylic oxidation sites excluding steroid dienone is 23. The maximum absolute atomic E-state index is 12.3. The second-order valence-corrected chi connectivity index (χ2v) is 14.4. The van der Waals surface area contributed by atoms with E-state index >= 15 is 0 Å². The molecule has 0 aliphatic rings. The van der Waals surface area contributed by atoms with E-state index < -0.39 is 12.1 Å². The summed E-state index contributed by atoms with van der Waals surface area (Å²) in [6.07, 6.45) is 75.3. The number of hydrogen-bond acceptors (Lipinski definition) is 3. The van der Waals surface area contributed by atoms with Gasteiger partial charge in [-0.05, 0) is 109 Å². The molecule has 0 fully saturated rings. The van der Waals surface area contributed by atoms with Crippen molar-refractivity contribution in [2.75, 3.05) is 6.61 Å². The highest BCUT2D eigenvalue weighted by Crippen LogP contribution is 2.08. The first-order valence-corrected chi connectivity index (χ1v) is 22.5. The van der Waals surface area contributed by atoms with E-state index in [0.29, 0.717) is 6.42 Å². The number of unbranched alkanes of at least 4 members (excludes halogenated alkanes) is 9. The molecule has 4 nitrogen and oxygen atoms in total. The molecule has 1 amide bonds. The Morgan fingerprint density at radius 2 is 0.789 bits per heavy atom. The first kappa shape index (κ1) is 53.3. The fraction of sp³-hybridized carbons (Fsp3) is 0.528. The zero-order valence-electron chi connectivity index (χ0n) is 36.3. The molecular weight excluding hydrogens is 699 g/mol. The number of rotatable bonds is 38. The molecule has 0 bridgehead atoms. The van der Waals surface area contributed by atoms with Crippen LogP contribution in [0.3, 0.4) is 0 Å². The van der Waals surface area contributed by atoms with Crippen LogP contribution in [-0.4, -0.2) is 34.9 Å². The predicted octanol–water partition coefficient (Wildman–Crippen LogP) is 14.5. The molecule has 0 aromatic heterocycles. The zero-order valence-corrected chi connectivity index (χ0v) is 36.3. The Kier molecular flexibility index (Phi) is 43.6. The quantitative estimate of drug-likeness (QED) is 0.0432. The lowest BCUT2D eigenvalue weighted by atomic mass is 10.1. The van der Waals surface area contributed by atoms with E-state index in [2.05, 4.69) is 153 Å². The standard InChI is InChI=1S/C53H83NO3/c1-3-5-7-9-11-13-15-16-17-18-19-20-21-22-23-24-25-26-27-28-29-30-31-32-33-34-35-36-37-38-39-41-43-45-47-49-53(57)54-51(50-55)52(56)48-46-44-42-40-14-12-10-8-6-4-2/h5,7,11,13-14,16-17,19-20,22-23,25-26,28-29,31-32,34-35,37-38,40,46,48,51-52,55-56H,3-4,6,8-10,12,15,18,21,24,27,30,33,36,39,41-45,47,49-50H2,1-2H3,(H,54,57)/b7-5-,13-11-,17-16-,20-19-,23-22-,26-25-,29-28-,32-31-,35-34-,38-37-,40-14+,48-46+. The van der Waals surface area contributed by atoms with Gasteiger partial charge in [0.25, 0.3) is 0 Å². The van der Waals surface area contributed by atoms with Crippen LogP contribution in [-0.2, 0) is 4.79 Å². The monoisotopic (exact) mass is 782 g/mol. The Morgan fingerprint density at radius 3 is 1.21 bits per heavy atom. The number of aliphatic hydroxyl groups excluding tert-OH is 2. The third-order valence-electron chi connectivity index (χ3n) is 9.06. The number of amides is 1. The van der Waals surface area contributed by atoms with Gasteiger partial charge in [-0.15, -0.1) is 0 Å². The van der Waals surface area contributed by atoms with Crippen LogP contribution in [0.15, 0.2) is 146 Å². The van der Waals surface area contributed by atoms with Gasteiger partial charge in [0.05, 0.1) is 18.8 Å². The van der Waals surface area contributed by atoms with Crippen LogP contribution >= 0.6 is 0 Å². The van der Waals surface area contributed by atoms with Gasteiger partial charge in [-0.2, -0.15) is 0 Å². The summed E-state index contributed by atoms with van der Waals surface area (Å²) < 4.78 is 0. The Morgan fingerprint density at radius 1 is 0.439 bits per heavy atom. The van der Waals surface area contributed by atoms with Crippen LogP contribution in [0.4, 0.5) is 0 Å². The summed E-state index contributed by atoms with van der Waals surface area (Å²) in [5.74, 6) is -0.109. The number of carbonyl (C=O) groups is 1. The van der Waals surface area contributed by atoms with Gasteiger partial charge >= 0.3 is 0 Å². The molecule has 0 aliphatic heterocycles. The van der Waals surface area contributed by atoms with E-state index in [-0.39, 0.29) is 12.5 Å². The van der Waals surface area contributed by atoms with Gasteiger partial charge in [0.1, 0.15) is 0 Å². The molecule has 4 heteroatoms. The maximum Gasteiger partial charge on any atom is 0.220 e. The van der Waals surface area contributed by atoms with Crippen LogP contribution in [0.25, 0.3) is 0 Å². The van der Waals surface area contributed by atoms with Crippen LogP contribution in [0.5, 0.6) is 0 Å². The maximum atomic E-state index is 12.3. The number of hydrogen-bond donors (Lipinski definition) is 3. The summed E-state index contributed by atoms with van der Waals surface area (Å²) in [7, 11) is 0. The molecule has 0 aromatic rings. The summed E-state index contributed by atoms with van der Waals surface area (Å²) >= 11 is 0. The van der Waals surface area contributed by atoms with E-state index in [1.807, 2.05) is 6.08 Å². The average Bonchev–Trinajstić information content (AvgIpc) is 3.22. The fourth-order valence-corrected chi connectivity index (χ4v) is 5.63. The molecule has 318 valence electrons. The molecule has 0 heterocycles. The molecule has 0 aromatic carbocycles. The molecule has 0 saturated heterocycles. The first-order chi connectivity index (χ1) is 28.2. The summed E-state index contributed by atoms with van der Waals surface area (Å²) in [4.78, 5) is 12.3. The first-order valence-electron chi connectivity index (χ1n) is 22.5. The zero-order chi connectivity index (χ0) is 41.4. The Hall–Kier alpha value is -3.73. The Balaban J connectivity index is 3.75. The Labute approximate surface area is 351 Å². The third-order valence-corrected chi connectivity index (χ3v) is 9.06. The number of aliphatic hydroxyl groups is 2. The largest absolute Gasteiger partial charge is 0.394 e.